The van der Waals surface area contributed by atoms with Crippen molar-refractivity contribution in [3.63, 3.8) is 0 Å². The monoisotopic (exact) mass is 453 g/mol. The van der Waals surface area contributed by atoms with Gasteiger partial charge in [-0.3, -0.25) is 9.20 Å². The fourth-order valence-electron chi connectivity index (χ4n) is 4.00. The SMILES string of the molecule is Cc1cc(F)c(C(=O)Nc2cccc(-c3nnc4ccccn34)n2)cc1-n1cnc(C2CC2)c1. The van der Waals surface area contributed by atoms with Crippen LogP contribution in [0.4, 0.5) is 10.2 Å². The maximum Gasteiger partial charge on any atom is 0.259 e. The van der Waals surface area contributed by atoms with Crippen molar-refractivity contribution in [3.05, 3.63) is 89.9 Å². The molecule has 0 aliphatic heterocycles. The first kappa shape index (κ1) is 20.2. The van der Waals surface area contributed by atoms with Gasteiger partial charge in [-0.25, -0.2) is 14.4 Å². The molecule has 168 valence electrons. The zero-order valence-electron chi connectivity index (χ0n) is 18.3. The fourth-order valence-corrected chi connectivity index (χ4v) is 4.00. The van der Waals surface area contributed by atoms with Crippen LogP contribution in [0.3, 0.4) is 0 Å². The standard InChI is InChI=1S/C25H20FN7O/c1-15-11-18(26)17(12-21(15)32-13-20(27-14-32)16-8-9-16)25(34)29-22-6-4-5-19(28-22)24-31-30-23-7-2-3-10-33(23)24/h2-7,10-14,16H,8-9H2,1H3,(H,28,29,34). The van der Waals surface area contributed by atoms with Crippen LogP contribution in [-0.4, -0.2) is 35.0 Å². The number of aromatic nitrogens is 6. The topological polar surface area (TPSA) is 90.0 Å². The lowest BCUT2D eigenvalue weighted by atomic mass is 10.1. The molecule has 1 aromatic carbocycles. The summed E-state index contributed by atoms with van der Waals surface area (Å²) in [5, 5.41) is 11.0. The van der Waals surface area contributed by atoms with Crippen molar-refractivity contribution in [3.8, 4) is 17.2 Å². The van der Waals surface area contributed by atoms with Crippen molar-refractivity contribution >= 4 is 17.4 Å². The Kier molecular flexibility index (Phi) is 4.68. The summed E-state index contributed by atoms with van der Waals surface area (Å²) in [6, 6.07) is 13.7. The third-order valence-electron chi connectivity index (χ3n) is 5.94. The van der Waals surface area contributed by atoms with Crippen LogP contribution in [0.25, 0.3) is 22.9 Å². The van der Waals surface area contributed by atoms with Gasteiger partial charge in [0.15, 0.2) is 11.5 Å². The van der Waals surface area contributed by atoms with Crippen molar-refractivity contribution in [2.75, 3.05) is 5.32 Å². The molecule has 0 radical (unpaired) electrons. The minimum Gasteiger partial charge on any atom is -0.306 e. The van der Waals surface area contributed by atoms with E-state index in [-0.39, 0.29) is 11.4 Å². The van der Waals surface area contributed by atoms with Crippen LogP contribution in [0.15, 0.2) is 67.3 Å². The smallest absolute Gasteiger partial charge is 0.259 e. The third-order valence-corrected chi connectivity index (χ3v) is 5.94. The molecule has 0 spiro atoms. The van der Waals surface area contributed by atoms with Crippen LogP contribution in [0, 0.1) is 12.7 Å². The molecule has 1 aliphatic rings. The second kappa shape index (κ2) is 7.87. The van der Waals surface area contributed by atoms with Gasteiger partial charge in [-0.1, -0.05) is 12.1 Å². The Morgan fingerprint density at radius 3 is 2.85 bits per heavy atom. The zero-order chi connectivity index (χ0) is 23.2. The predicted molar refractivity (Wildman–Crippen MR) is 124 cm³/mol. The molecule has 8 nitrogen and oxygen atoms in total. The number of pyridine rings is 2. The Labute approximate surface area is 194 Å². The van der Waals surface area contributed by atoms with Gasteiger partial charge >= 0.3 is 0 Å². The summed E-state index contributed by atoms with van der Waals surface area (Å²) in [7, 11) is 0. The second-order valence-corrected chi connectivity index (χ2v) is 8.41. The van der Waals surface area contributed by atoms with E-state index in [1.54, 1.807) is 35.0 Å². The van der Waals surface area contributed by atoms with Gasteiger partial charge in [-0.05, 0) is 61.7 Å². The van der Waals surface area contributed by atoms with E-state index in [1.807, 2.05) is 42.1 Å². The normalized spacial score (nSPS) is 13.4. The molecule has 1 amide bonds. The summed E-state index contributed by atoms with van der Waals surface area (Å²) in [6.45, 7) is 1.81. The molecule has 5 aromatic rings. The minimum absolute atomic E-state index is 0.0672. The Morgan fingerprint density at radius 1 is 1.12 bits per heavy atom. The molecule has 0 atom stereocenters. The fraction of sp³-hybridized carbons (Fsp3) is 0.160. The van der Waals surface area contributed by atoms with E-state index in [0.717, 1.165) is 18.5 Å². The molecule has 4 aromatic heterocycles. The number of rotatable bonds is 5. The van der Waals surface area contributed by atoms with E-state index >= 15 is 0 Å². The van der Waals surface area contributed by atoms with Crippen LogP contribution in [0.1, 0.15) is 40.4 Å². The summed E-state index contributed by atoms with van der Waals surface area (Å²) in [5.41, 5.74) is 3.61. The number of carbonyl (C=O) groups is 1. The van der Waals surface area contributed by atoms with Gasteiger partial charge in [0.2, 0.25) is 0 Å². The average Bonchev–Trinajstić information content (AvgIpc) is 3.41. The Morgan fingerprint density at radius 2 is 2.00 bits per heavy atom. The number of halogens is 1. The van der Waals surface area contributed by atoms with E-state index < -0.39 is 11.7 Å². The lowest BCUT2D eigenvalue weighted by molar-refractivity contribution is 0.102. The number of fused-ring (bicyclic) bond motifs is 1. The van der Waals surface area contributed by atoms with Crippen molar-refractivity contribution in [2.45, 2.75) is 25.7 Å². The molecule has 0 saturated heterocycles. The van der Waals surface area contributed by atoms with Gasteiger partial charge in [-0.2, -0.15) is 0 Å². The summed E-state index contributed by atoms with van der Waals surface area (Å²) in [4.78, 5) is 22.0. The highest BCUT2D eigenvalue weighted by molar-refractivity contribution is 6.04. The highest BCUT2D eigenvalue weighted by Gasteiger charge is 2.26. The number of imidazole rings is 1. The van der Waals surface area contributed by atoms with Crippen molar-refractivity contribution < 1.29 is 9.18 Å². The quantitative estimate of drug-likeness (QED) is 0.422. The summed E-state index contributed by atoms with van der Waals surface area (Å²) in [5.74, 6) is 0.154. The van der Waals surface area contributed by atoms with Gasteiger partial charge in [0.25, 0.3) is 5.91 Å². The van der Waals surface area contributed by atoms with Crippen molar-refractivity contribution in [2.24, 2.45) is 0 Å². The number of aryl methyl sites for hydroxylation is 1. The van der Waals surface area contributed by atoms with Gasteiger partial charge in [0, 0.05) is 18.3 Å². The maximum atomic E-state index is 14.8. The average molecular weight is 453 g/mol. The second-order valence-electron chi connectivity index (χ2n) is 8.41. The number of hydrogen-bond donors (Lipinski definition) is 1. The van der Waals surface area contributed by atoms with Crippen molar-refractivity contribution in [1.82, 2.24) is 29.1 Å². The molecule has 0 bridgehead atoms. The first-order valence-electron chi connectivity index (χ1n) is 11.0. The highest BCUT2D eigenvalue weighted by Crippen LogP contribution is 2.39. The minimum atomic E-state index is -0.596. The van der Waals surface area contributed by atoms with Gasteiger partial charge in [-0.15, -0.1) is 10.2 Å². The van der Waals surface area contributed by atoms with Crippen molar-refractivity contribution in [1.29, 1.82) is 0 Å². The van der Waals surface area contributed by atoms with Gasteiger partial charge in [0.05, 0.1) is 23.3 Å². The Bertz CT molecular complexity index is 1550. The van der Waals surface area contributed by atoms with Crippen LogP contribution in [0.2, 0.25) is 0 Å². The van der Waals surface area contributed by atoms with E-state index in [9.17, 15) is 9.18 Å². The third kappa shape index (κ3) is 3.61. The molecular weight excluding hydrogens is 433 g/mol. The number of carbonyl (C=O) groups excluding carboxylic acids is 1. The van der Waals surface area contributed by atoms with Crippen LogP contribution in [0.5, 0.6) is 0 Å². The number of amides is 1. The van der Waals surface area contributed by atoms with Crippen LogP contribution >= 0.6 is 0 Å². The number of hydrogen-bond acceptors (Lipinski definition) is 5. The number of benzene rings is 1. The Hall–Kier alpha value is -4.40. The van der Waals surface area contributed by atoms with E-state index in [2.05, 4.69) is 25.5 Å². The van der Waals surface area contributed by atoms with Gasteiger partial charge < -0.3 is 9.88 Å². The van der Waals surface area contributed by atoms with Gasteiger partial charge in [0.1, 0.15) is 17.3 Å². The largest absolute Gasteiger partial charge is 0.306 e. The molecule has 0 unspecified atom stereocenters. The predicted octanol–water partition coefficient (Wildman–Crippen LogP) is 4.55. The number of anilines is 1. The first-order valence-corrected chi connectivity index (χ1v) is 11.0. The highest BCUT2D eigenvalue weighted by atomic mass is 19.1. The molecule has 34 heavy (non-hydrogen) atoms. The van der Waals surface area contributed by atoms with E-state index in [0.29, 0.717) is 34.3 Å². The molecule has 1 fully saturated rings. The van der Waals surface area contributed by atoms with E-state index in [1.165, 1.54) is 6.07 Å². The number of nitrogens with zero attached hydrogens (tertiary/aromatic N) is 6. The molecular formula is C25H20FN7O. The van der Waals surface area contributed by atoms with E-state index in [4.69, 9.17) is 0 Å². The summed E-state index contributed by atoms with van der Waals surface area (Å²) >= 11 is 0. The number of nitrogens with one attached hydrogen (secondary N) is 1. The molecule has 1 aliphatic carbocycles. The summed E-state index contributed by atoms with van der Waals surface area (Å²) < 4.78 is 18.4. The van der Waals surface area contributed by atoms with Crippen LogP contribution in [-0.2, 0) is 0 Å². The zero-order valence-corrected chi connectivity index (χ0v) is 18.3. The molecule has 1 saturated carbocycles. The summed E-state index contributed by atoms with van der Waals surface area (Å²) in [6.07, 6.45) is 7.79. The molecule has 1 N–H and O–H groups in total. The molecule has 9 heteroatoms. The first-order chi connectivity index (χ1) is 16.6. The van der Waals surface area contributed by atoms with Crippen LogP contribution < -0.4 is 5.32 Å². The Balaban J connectivity index is 1.30. The lowest BCUT2D eigenvalue weighted by Gasteiger charge is -2.11. The molecule has 4 heterocycles. The lowest BCUT2D eigenvalue weighted by Crippen LogP contribution is -2.16. The maximum absolute atomic E-state index is 14.8. The molecule has 6 rings (SSSR count).